The summed E-state index contributed by atoms with van der Waals surface area (Å²) in [6, 6.07) is 0.321. The van der Waals surface area contributed by atoms with Crippen molar-refractivity contribution < 1.29 is 4.79 Å². The van der Waals surface area contributed by atoms with Crippen molar-refractivity contribution in [2.24, 2.45) is 5.92 Å². The normalized spacial score (nSPS) is 25.8. The molecule has 2 aliphatic rings. The van der Waals surface area contributed by atoms with Crippen LogP contribution in [0.5, 0.6) is 0 Å². The van der Waals surface area contributed by atoms with E-state index < -0.39 is 0 Å². The lowest BCUT2D eigenvalue weighted by atomic mass is 9.96. The van der Waals surface area contributed by atoms with Gasteiger partial charge in [0.1, 0.15) is 0 Å². The van der Waals surface area contributed by atoms with Crippen LogP contribution in [0.25, 0.3) is 0 Å². The van der Waals surface area contributed by atoms with Gasteiger partial charge in [0.25, 0.3) is 0 Å². The average molecular weight is 309 g/mol. The van der Waals surface area contributed by atoms with E-state index in [1.807, 2.05) is 0 Å². The number of carbonyl (C=O) groups excluding carboxylic acids is 1. The van der Waals surface area contributed by atoms with Crippen LogP contribution in [0.2, 0.25) is 0 Å². The van der Waals surface area contributed by atoms with E-state index in [2.05, 4.69) is 29.0 Å². The van der Waals surface area contributed by atoms with Crippen LogP contribution in [0.4, 0.5) is 0 Å². The fourth-order valence-electron chi connectivity index (χ4n) is 3.80. The van der Waals surface area contributed by atoms with Gasteiger partial charge in [0, 0.05) is 25.7 Å². The first-order valence-electron chi connectivity index (χ1n) is 9.44. The molecule has 2 fully saturated rings. The number of carbonyl (C=O) groups is 1. The molecule has 2 unspecified atom stereocenters. The molecule has 0 aromatic heterocycles. The predicted octanol–water partition coefficient (Wildman–Crippen LogP) is 2.49. The van der Waals surface area contributed by atoms with Crippen molar-refractivity contribution in [2.75, 3.05) is 39.3 Å². The quantitative estimate of drug-likeness (QED) is 0.785. The van der Waals surface area contributed by atoms with Gasteiger partial charge in [0.15, 0.2) is 0 Å². The van der Waals surface area contributed by atoms with Crippen molar-refractivity contribution in [3.63, 3.8) is 0 Å². The summed E-state index contributed by atoms with van der Waals surface area (Å²) in [5, 5.41) is 3.20. The molecule has 2 heterocycles. The maximum absolute atomic E-state index is 12.4. The summed E-state index contributed by atoms with van der Waals surface area (Å²) >= 11 is 0. The zero-order valence-electron chi connectivity index (χ0n) is 14.6. The Morgan fingerprint density at radius 1 is 1.09 bits per heavy atom. The fourth-order valence-corrected chi connectivity index (χ4v) is 3.80. The summed E-state index contributed by atoms with van der Waals surface area (Å²) in [7, 11) is 0. The van der Waals surface area contributed by atoms with Gasteiger partial charge in [-0.3, -0.25) is 4.79 Å². The van der Waals surface area contributed by atoms with E-state index in [9.17, 15) is 4.79 Å². The van der Waals surface area contributed by atoms with Crippen LogP contribution in [-0.4, -0.2) is 61.0 Å². The van der Waals surface area contributed by atoms with E-state index in [4.69, 9.17) is 0 Å². The second-order valence-electron chi connectivity index (χ2n) is 7.24. The largest absolute Gasteiger partial charge is 0.353 e. The zero-order valence-corrected chi connectivity index (χ0v) is 14.6. The molecule has 1 amide bonds. The third kappa shape index (κ3) is 5.88. The third-order valence-corrected chi connectivity index (χ3v) is 5.17. The van der Waals surface area contributed by atoms with Crippen LogP contribution in [0.1, 0.15) is 58.8 Å². The summed E-state index contributed by atoms with van der Waals surface area (Å²) in [5.74, 6) is 0.484. The summed E-state index contributed by atoms with van der Waals surface area (Å²) in [6.45, 7) is 11.3. The fraction of sp³-hybridized carbons (Fsp3) is 0.944. The Morgan fingerprint density at radius 2 is 1.77 bits per heavy atom. The molecule has 2 aliphatic heterocycles. The molecule has 2 atom stereocenters. The second-order valence-corrected chi connectivity index (χ2v) is 7.24. The molecule has 0 spiro atoms. The maximum Gasteiger partial charge on any atom is 0.224 e. The highest BCUT2D eigenvalue weighted by molar-refractivity contribution is 5.79. The molecule has 0 saturated carbocycles. The lowest BCUT2D eigenvalue weighted by Crippen LogP contribution is -2.47. The van der Waals surface area contributed by atoms with Crippen molar-refractivity contribution in [1.29, 1.82) is 0 Å². The van der Waals surface area contributed by atoms with E-state index in [1.165, 1.54) is 51.9 Å². The first-order chi connectivity index (χ1) is 10.7. The number of nitrogens with zero attached hydrogens (tertiary/aromatic N) is 2. The number of amides is 1. The standard InChI is InChI=1S/C18H35N3O/c1-3-8-16(2)19-18(22)17-9-7-12-21(15-17)14-13-20-10-5-4-6-11-20/h16-17H,3-15H2,1-2H3,(H,19,22). The number of nitrogens with one attached hydrogen (secondary N) is 1. The van der Waals surface area contributed by atoms with Crippen molar-refractivity contribution in [1.82, 2.24) is 15.1 Å². The van der Waals surface area contributed by atoms with Crippen molar-refractivity contribution in [3.8, 4) is 0 Å². The highest BCUT2D eigenvalue weighted by Gasteiger charge is 2.26. The lowest BCUT2D eigenvalue weighted by Gasteiger charge is -2.35. The Hall–Kier alpha value is -0.610. The van der Waals surface area contributed by atoms with Crippen LogP contribution in [0.15, 0.2) is 0 Å². The van der Waals surface area contributed by atoms with Crippen molar-refractivity contribution in [3.05, 3.63) is 0 Å². The minimum atomic E-state index is 0.203. The topological polar surface area (TPSA) is 35.6 Å². The summed E-state index contributed by atoms with van der Waals surface area (Å²) < 4.78 is 0. The summed E-state index contributed by atoms with van der Waals surface area (Å²) in [6.07, 6.45) is 8.56. The average Bonchev–Trinajstić information content (AvgIpc) is 2.54. The molecule has 0 aliphatic carbocycles. The van der Waals surface area contributed by atoms with E-state index in [0.717, 1.165) is 32.4 Å². The smallest absolute Gasteiger partial charge is 0.224 e. The molecular weight excluding hydrogens is 274 g/mol. The number of rotatable bonds is 7. The monoisotopic (exact) mass is 309 g/mol. The van der Waals surface area contributed by atoms with Gasteiger partial charge in [-0.25, -0.2) is 0 Å². The molecular formula is C18H35N3O. The maximum atomic E-state index is 12.4. The molecule has 4 nitrogen and oxygen atoms in total. The van der Waals surface area contributed by atoms with Gasteiger partial charge in [-0.15, -0.1) is 0 Å². The first-order valence-corrected chi connectivity index (χ1v) is 9.44. The van der Waals surface area contributed by atoms with Gasteiger partial charge < -0.3 is 15.1 Å². The minimum Gasteiger partial charge on any atom is -0.353 e. The van der Waals surface area contributed by atoms with Gasteiger partial charge in [0.2, 0.25) is 5.91 Å². The molecule has 0 radical (unpaired) electrons. The molecule has 0 bridgehead atoms. The Kier molecular flexibility index (Phi) is 7.67. The number of hydrogen-bond donors (Lipinski definition) is 1. The van der Waals surface area contributed by atoms with Gasteiger partial charge in [-0.1, -0.05) is 19.8 Å². The summed E-state index contributed by atoms with van der Waals surface area (Å²) in [5.41, 5.74) is 0. The first kappa shape index (κ1) is 17.7. The van der Waals surface area contributed by atoms with Crippen molar-refractivity contribution in [2.45, 2.75) is 64.8 Å². The Morgan fingerprint density at radius 3 is 2.50 bits per heavy atom. The molecule has 0 aromatic carbocycles. The van der Waals surface area contributed by atoms with Gasteiger partial charge >= 0.3 is 0 Å². The van der Waals surface area contributed by atoms with Crippen LogP contribution in [0, 0.1) is 5.92 Å². The number of likely N-dealkylation sites (tertiary alicyclic amines) is 2. The Bertz CT molecular complexity index is 328. The minimum absolute atomic E-state index is 0.203. The highest BCUT2D eigenvalue weighted by atomic mass is 16.2. The molecule has 2 saturated heterocycles. The van der Waals surface area contributed by atoms with E-state index in [1.54, 1.807) is 0 Å². The molecule has 4 heteroatoms. The molecule has 0 aromatic rings. The number of piperidine rings is 2. The van der Waals surface area contributed by atoms with Gasteiger partial charge in [-0.05, 0) is 58.7 Å². The van der Waals surface area contributed by atoms with Gasteiger partial charge in [0.05, 0.1) is 5.92 Å². The SMILES string of the molecule is CCCC(C)NC(=O)C1CCCN(CCN2CCCCC2)C1. The lowest BCUT2D eigenvalue weighted by molar-refractivity contribution is -0.127. The van der Waals surface area contributed by atoms with Crippen LogP contribution < -0.4 is 5.32 Å². The van der Waals surface area contributed by atoms with Crippen LogP contribution in [-0.2, 0) is 4.79 Å². The third-order valence-electron chi connectivity index (χ3n) is 5.17. The number of hydrogen-bond acceptors (Lipinski definition) is 3. The molecule has 128 valence electrons. The van der Waals surface area contributed by atoms with E-state index in [0.29, 0.717) is 6.04 Å². The Balaban J connectivity index is 1.70. The summed E-state index contributed by atoms with van der Waals surface area (Å²) in [4.78, 5) is 17.5. The van der Waals surface area contributed by atoms with Gasteiger partial charge in [-0.2, -0.15) is 0 Å². The molecule has 22 heavy (non-hydrogen) atoms. The zero-order chi connectivity index (χ0) is 15.8. The van der Waals surface area contributed by atoms with Crippen LogP contribution >= 0.6 is 0 Å². The van der Waals surface area contributed by atoms with E-state index in [-0.39, 0.29) is 11.8 Å². The molecule has 2 rings (SSSR count). The van der Waals surface area contributed by atoms with E-state index >= 15 is 0 Å². The molecule has 1 N–H and O–H groups in total. The van der Waals surface area contributed by atoms with Crippen molar-refractivity contribution >= 4 is 5.91 Å². The Labute approximate surface area is 136 Å². The highest BCUT2D eigenvalue weighted by Crippen LogP contribution is 2.17. The van der Waals surface area contributed by atoms with Crippen LogP contribution in [0.3, 0.4) is 0 Å². The predicted molar refractivity (Wildman–Crippen MR) is 92.0 cm³/mol. The second kappa shape index (κ2) is 9.51.